The summed E-state index contributed by atoms with van der Waals surface area (Å²) in [5.74, 6) is -2.20. The highest BCUT2D eigenvalue weighted by Crippen LogP contribution is 2.67. The number of rotatable bonds is 6. The van der Waals surface area contributed by atoms with Crippen molar-refractivity contribution in [1.29, 1.82) is 0 Å². The molecule has 3 N–H and O–H groups in total. The lowest BCUT2D eigenvalue weighted by molar-refractivity contribution is -0.184. The van der Waals surface area contributed by atoms with E-state index in [9.17, 15) is 29.4 Å². The predicted octanol–water partition coefficient (Wildman–Crippen LogP) is 2.20. The first kappa shape index (κ1) is 24.1. The summed E-state index contributed by atoms with van der Waals surface area (Å²) in [5.41, 5.74) is -1.68. The van der Waals surface area contributed by atoms with Crippen LogP contribution in [0.3, 0.4) is 0 Å². The molecular weight excluding hydrogens is 428 g/mol. The monoisotopic (exact) mass is 462 g/mol. The zero-order valence-corrected chi connectivity index (χ0v) is 19.3. The fraction of sp³-hybridized carbons (Fsp3) is 0.760. The van der Waals surface area contributed by atoms with Gasteiger partial charge in [-0.15, -0.1) is 0 Å². The van der Waals surface area contributed by atoms with Gasteiger partial charge in [0.1, 0.15) is 5.60 Å². The van der Waals surface area contributed by atoms with E-state index in [4.69, 9.17) is 9.84 Å². The van der Waals surface area contributed by atoms with E-state index in [1.165, 1.54) is 0 Å². The number of Topliss-reactive ketones (excluding diaryl/α,β-unsaturated/α-hetero) is 1. The number of carbonyl (C=O) groups is 4. The van der Waals surface area contributed by atoms with Gasteiger partial charge in [0.05, 0.1) is 18.9 Å². The molecule has 0 aromatic heterocycles. The van der Waals surface area contributed by atoms with Crippen LogP contribution in [0.25, 0.3) is 0 Å². The van der Waals surface area contributed by atoms with E-state index in [1.807, 2.05) is 6.92 Å². The van der Waals surface area contributed by atoms with Crippen molar-refractivity contribution in [1.82, 2.24) is 0 Å². The number of aliphatic carboxylic acids is 1. The zero-order chi connectivity index (χ0) is 24.2. The number of esters is 1. The maximum Gasteiger partial charge on any atom is 0.306 e. The number of fused-ring (bicyclic) bond motifs is 5. The number of allylic oxidation sites excluding steroid dienone is 1. The SMILES string of the molecule is C[C@]12CCC(=O)C=C1CCC1C2C(O)C[C@@]2(C)C1CCC2(O)C(=O)COC(=O)CCC(=O)O. The van der Waals surface area contributed by atoms with Crippen LogP contribution in [0.2, 0.25) is 0 Å². The van der Waals surface area contributed by atoms with Crippen molar-refractivity contribution < 1.29 is 39.2 Å². The molecule has 0 radical (unpaired) electrons. The van der Waals surface area contributed by atoms with Gasteiger partial charge < -0.3 is 20.1 Å². The van der Waals surface area contributed by atoms with Gasteiger partial charge in [-0.05, 0) is 67.8 Å². The summed E-state index contributed by atoms with van der Waals surface area (Å²) in [6.45, 7) is 3.41. The van der Waals surface area contributed by atoms with Gasteiger partial charge in [0.25, 0.3) is 0 Å². The molecule has 8 heteroatoms. The van der Waals surface area contributed by atoms with Gasteiger partial charge >= 0.3 is 11.9 Å². The van der Waals surface area contributed by atoms with Gasteiger partial charge in [0, 0.05) is 11.8 Å². The molecule has 33 heavy (non-hydrogen) atoms. The fourth-order valence-electron chi connectivity index (χ4n) is 7.70. The molecule has 4 aliphatic rings. The highest BCUT2D eigenvalue weighted by Gasteiger charge is 2.68. The van der Waals surface area contributed by atoms with Gasteiger partial charge in [-0.3, -0.25) is 19.2 Å². The molecule has 4 rings (SSSR count). The third-order valence-electron chi connectivity index (χ3n) is 9.42. The van der Waals surface area contributed by atoms with E-state index >= 15 is 0 Å². The normalized spacial score (nSPS) is 41.9. The number of aliphatic hydroxyl groups excluding tert-OH is 1. The lowest BCUT2D eigenvalue weighted by Crippen LogP contribution is -2.62. The molecule has 0 aromatic carbocycles. The number of hydrogen-bond acceptors (Lipinski definition) is 7. The second kappa shape index (κ2) is 8.31. The maximum absolute atomic E-state index is 13.1. The van der Waals surface area contributed by atoms with Crippen molar-refractivity contribution in [3.63, 3.8) is 0 Å². The first-order chi connectivity index (χ1) is 15.4. The molecule has 182 valence electrons. The molecular formula is C25H34O8. The van der Waals surface area contributed by atoms with E-state index in [1.54, 1.807) is 6.08 Å². The Balaban J connectivity index is 1.53. The molecule has 3 fully saturated rings. The van der Waals surface area contributed by atoms with Crippen molar-refractivity contribution in [3.05, 3.63) is 11.6 Å². The average Bonchev–Trinajstić information content (AvgIpc) is 3.02. The van der Waals surface area contributed by atoms with Gasteiger partial charge in [-0.1, -0.05) is 19.4 Å². The minimum Gasteiger partial charge on any atom is -0.481 e. The van der Waals surface area contributed by atoms with Crippen LogP contribution in [0.5, 0.6) is 0 Å². The van der Waals surface area contributed by atoms with Gasteiger partial charge in [0.2, 0.25) is 5.78 Å². The minimum atomic E-state index is -1.71. The summed E-state index contributed by atoms with van der Waals surface area (Å²) in [5, 5.41) is 31.6. The second-order valence-corrected chi connectivity index (χ2v) is 11.0. The summed E-state index contributed by atoms with van der Waals surface area (Å²) in [4.78, 5) is 47.5. The van der Waals surface area contributed by atoms with Crippen LogP contribution < -0.4 is 0 Å². The van der Waals surface area contributed by atoms with Crippen molar-refractivity contribution in [3.8, 4) is 0 Å². The Hall–Kier alpha value is -2.06. The van der Waals surface area contributed by atoms with Crippen molar-refractivity contribution >= 4 is 23.5 Å². The molecule has 0 aromatic rings. The van der Waals surface area contributed by atoms with E-state index in [0.29, 0.717) is 12.8 Å². The van der Waals surface area contributed by atoms with Crippen LogP contribution >= 0.6 is 0 Å². The van der Waals surface area contributed by atoms with Crippen molar-refractivity contribution in [2.24, 2.45) is 28.6 Å². The minimum absolute atomic E-state index is 0.0185. The average molecular weight is 463 g/mol. The van der Waals surface area contributed by atoms with E-state index in [0.717, 1.165) is 24.8 Å². The molecule has 5 unspecified atom stereocenters. The van der Waals surface area contributed by atoms with Gasteiger partial charge in [-0.25, -0.2) is 0 Å². The van der Waals surface area contributed by atoms with Crippen LogP contribution in [0.15, 0.2) is 11.6 Å². The third kappa shape index (κ3) is 3.75. The standard InChI is InChI=1S/C25H34O8/c1-23-9-7-15(26)11-14(23)3-4-16-17-8-10-25(32,24(17,2)12-18(27)22(16)23)19(28)13-33-21(31)6-5-20(29)30/h11,16-18,22,27,32H,3-10,12-13H2,1-2H3,(H,29,30)/t16?,17?,18?,22?,23-,24-,25?/m0/s1. The summed E-state index contributed by atoms with van der Waals surface area (Å²) in [6, 6.07) is 0. The van der Waals surface area contributed by atoms with E-state index in [2.05, 4.69) is 6.92 Å². The molecule has 0 bridgehead atoms. The van der Waals surface area contributed by atoms with E-state index in [-0.39, 0.29) is 54.6 Å². The number of carbonyl (C=O) groups excluding carboxylic acids is 3. The van der Waals surface area contributed by atoms with Gasteiger partial charge in [0.15, 0.2) is 12.4 Å². The third-order valence-corrected chi connectivity index (χ3v) is 9.42. The van der Waals surface area contributed by atoms with Crippen LogP contribution in [-0.4, -0.2) is 57.1 Å². The van der Waals surface area contributed by atoms with Crippen LogP contribution in [-0.2, 0) is 23.9 Å². The Morgan fingerprint density at radius 3 is 2.55 bits per heavy atom. The largest absolute Gasteiger partial charge is 0.481 e. The fourth-order valence-corrected chi connectivity index (χ4v) is 7.70. The van der Waals surface area contributed by atoms with Crippen molar-refractivity contribution in [2.45, 2.75) is 83.3 Å². The zero-order valence-electron chi connectivity index (χ0n) is 19.3. The number of hydrogen-bond donors (Lipinski definition) is 3. The molecule has 0 amide bonds. The Morgan fingerprint density at radius 1 is 1.12 bits per heavy atom. The summed E-state index contributed by atoms with van der Waals surface area (Å²) >= 11 is 0. The smallest absolute Gasteiger partial charge is 0.306 e. The Morgan fingerprint density at radius 2 is 1.85 bits per heavy atom. The molecule has 7 atom stereocenters. The van der Waals surface area contributed by atoms with Crippen LogP contribution in [0, 0.1) is 28.6 Å². The van der Waals surface area contributed by atoms with Gasteiger partial charge in [-0.2, -0.15) is 0 Å². The van der Waals surface area contributed by atoms with Crippen LogP contribution in [0.4, 0.5) is 0 Å². The second-order valence-electron chi connectivity index (χ2n) is 11.0. The Bertz CT molecular complexity index is 908. The Labute approximate surface area is 193 Å². The van der Waals surface area contributed by atoms with E-state index < -0.39 is 41.4 Å². The lowest BCUT2D eigenvalue weighted by atomic mass is 9.45. The first-order valence-corrected chi connectivity index (χ1v) is 12.0. The number of aliphatic hydroxyl groups is 2. The molecule has 0 spiro atoms. The number of ether oxygens (including phenoxy) is 1. The topological polar surface area (TPSA) is 138 Å². The molecule has 4 aliphatic carbocycles. The maximum atomic E-state index is 13.1. The highest BCUT2D eigenvalue weighted by atomic mass is 16.5. The quantitative estimate of drug-likeness (QED) is 0.511. The van der Waals surface area contributed by atoms with Crippen molar-refractivity contribution in [2.75, 3.05) is 6.61 Å². The Kier molecular flexibility index (Phi) is 6.06. The number of carboxylic acid groups (broad SMARTS) is 1. The lowest BCUT2D eigenvalue weighted by Gasteiger charge is -2.60. The summed E-state index contributed by atoms with van der Waals surface area (Å²) in [6.07, 6.45) is 4.30. The predicted molar refractivity (Wildman–Crippen MR) is 116 cm³/mol. The molecule has 0 heterocycles. The number of carboxylic acids is 1. The molecule has 3 saturated carbocycles. The molecule has 8 nitrogen and oxygen atoms in total. The highest BCUT2D eigenvalue weighted by molar-refractivity contribution is 5.92. The van der Waals surface area contributed by atoms with Crippen LogP contribution in [0.1, 0.15) is 71.6 Å². The number of ketones is 2. The molecule has 0 saturated heterocycles. The summed E-state index contributed by atoms with van der Waals surface area (Å²) < 4.78 is 4.97. The first-order valence-electron chi connectivity index (χ1n) is 12.0. The summed E-state index contributed by atoms with van der Waals surface area (Å²) in [7, 11) is 0. The molecule has 0 aliphatic heterocycles.